The van der Waals surface area contributed by atoms with Crippen LogP contribution in [0.3, 0.4) is 0 Å². The minimum atomic E-state index is 0.542. The highest BCUT2D eigenvalue weighted by Crippen LogP contribution is 2.32. The fourth-order valence-electron chi connectivity index (χ4n) is 1.89. The third-order valence-corrected chi connectivity index (χ3v) is 3.02. The Kier molecular flexibility index (Phi) is 4.23. The van der Waals surface area contributed by atoms with Crippen molar-refractivity contribution in [3.63, 3.8) is 0 Å². The SMILES string of the molecule is CCCNC(COc1ccccc1)C1CC1. The first kappa shape index (κ1) is 11.5. The zero-order valence-corrected chi connectivity index (χ0v) is 9.99. The molecule has 1 aromatic rings. The van der Waals surface area contributed by atoms with Crippen molar-refractivity contribution >= 4 is 0 Å². The predicted octanol–water partition coefficient (Wildman–Crippen LogP) is 2.84. The molecule has 1 saturated carbocycles. The summed E-state index contributed by atoms with van der Waals surface area (Å²) in [5, 5.41) is 3.58. The highest BCUT2D eigenvalue weighted by atomic mass is 16.5. The van der Waals surface area contributed by atoms with Gasteiger partial charge in [0.2, 0.25) is 0 Å². The van der Waals surface area contributed by atoms with Gasteiger partial charge in [-0.3, -0.25) is 0 Å². The van der Waals surface area contributed by atoms with Crippen LogP contribution in [0.25, 0.3) is 0 Å². The molecule has 88 valence electrons. The van der Waals surface area contributed by atoms with E-state index in [1.807, 2.05) is 30.3 Å². The molecule has 1 fully saturated rings. The average molecular weight is 219 g/mol. The summed E-state index contributed by atoms with van der Waals surface area (Å²) < 4.78 is 5.80. The Morgan fingerprint density at radius 2 is 2.06 bits per heavy atom. The van der Waals surface area contributed by atoms with Crippen molar-refractivity contribution in [2.45, 2.75) is 32.2 Å². The molecule has 16 heavy (non-hydrogen) atoms. The van der Waals surface area contributed by atoms with E-state index in [0.717, 1.165) is 24.8 Å². The largest absolute Gasteiger partial charge is 0.492 e. The van der Waals surface area contributed by atoms with Gasteiger partial charge in [-0.15, -0.1) is 0 Å². The first-order valence-electron chi connectivity index (χ1n) is 6.31. The summed E-state index contributed by atoms with van der Waals surface area (Å²) in [5.74, 6) is 1.82. The maximum atomic E-state index is 5.80. The van der Waals surface area contributed by atoms with Gasteiger partial charge in [0.1, 0.15) is 12.4 Å². The molecule has 1 aliphatic carbocycles. The summed E-state index contributed by atoms with van der Waals surface area (Å²) in [7, 11) is 0. The summed E-state index contributed by atoms with van der Waals surface area (Å²) in [6, 6.07) is 10.6. The monoisotopic (exact) mass is 219 g/mol. The Bertz CT molecular complexity index is 295. The molecule has 0 heterocycles. The van der Waals surface area contributed by atoms with Crippen molar-refractivity contribution in [1.82, 2.24) is 5.32 Å². The molecule has 2 rings (SSSR count). The Morgan fingerprint density at radius 1 is 1.31 bits per heavy atom. The van der Waals surface area contributed by atoms with Gasteiger partial charge in [0, 0.05) is 6.04 Å². The number of nitrogens with one attached hydrogen (secondary N) is 1. The maximum absolute atomic E-state index is 5.80. The average Bonchev–Trinajstić information content (AvgIpc) is 3.15. The van der Waals surface area contributed by atoms with E-state index in [-0.39, 0.29) is 0 Å². The Balaban J connectivity index is 1.77. The van der Waals surface area contributed by atoms with E-state index < -0.39 is 0 Å². The normalized spacial score (nSPS) is 17.1. The third-order valence-electron chi connectivity index (χ3n) is 3.02. The Morgan fingerprint density at radius 3 is 2.69 bits per heavy atom. The molecule has 1 aliphatic rings. The lowest BCUT2D eigenvalue weighted by Gasteiger charge is -2.18. The Hall–Kier alpha value is -1.02. The van der Waals surface area contributed by atoms with Gasteiger partial charge in [-0.1, -0.05) is 25.1 Å². The predicted molar refractivity (Wildman–Crippen MR) is 66.7 cm³/mol. The van der Waals surface area contributed by atoms with Gasteiger partial charge >= 0.3 is 0 Å². The van der Waals surface area contributed by atoms with Gasteiger partial charge in [-0.2, -0.15) is 0 Å². The third kappa shape index (κ3) is 3.53. The van der Waals surface area contributed by atoms with Gasteiger partial charge in [0.25, 0.3) is 0 Å². The zero-order chi connectivity index (χ0) is 11.2. The van der Waals surface area contributed by atoms with E-state index >= 15 is 0 Å². The van der Waals surface area contributed by atoms with E-state index in [0.29, 0.717) is 6.04 Å². The van der Waals surface area contributed by atoms with Gasteiger partial charge < -0.3 is 10.1 Å². The lowest BCUT2D eigenvalue weighted by molar-refractivity contribution is 0.249. The maximum Gasteiger partial charge on any atom is 0.119 e. The lowest BCUT2D eigenvalue weighted by atomic mass is 10.2. The van der Waals surface area contributed by atoms with Gasteiger partial charge in [-0.05, 0) is 43.9 Å². The lowest BCUT2D eigenvalue weighted by Crippen LogP contribution is -2.37. The summed E-state index contributed by atoms with van der Waals surface area (Å²) in [4.78, 5) is 0. The molecule has 1 atom stereocenters. The van der Waals surface area contributed by atoms with Crippen LogP contribution in [0.4, 0.5) is 0 Å². The fraction of sp³-hybridized carbons (Fsp3) is 0.571. The highest BCUT2D eigenvalue weighted by Gasteiger charge is 2.31. The van der Waals surface area contributed by atoms with Crippen molar-refractivity contribution in [3.8, 4) is 5.75 Å². The summed E-state index contributed by atoms with van der Waals surface area (Å²) in [6.07, 6.45) is 3.91. The molecule has 2 heteroatoms. The quantitative estimate of drug-likeness (QED) is 0.761. The van der Waals surface area contributed by atoms with Crippen LogP contribution in [-0.2, 0) is 0 Å². The molecule has 0 bridgehead atoms. The molecule has 0 aliphatic heterocycles. The standard InChI is InChI=1S/C14H21NO/c1-2-10-15-14(12-8-9-12)11-16-13-6-4-3-5-7-13/h3-7,12,14-15H,2,8-11H2,1H3. The van der Waals surface area contributed by atoms with Crippen LogP contribution in [0.5, 0.6) is 5.75 Å². The van der Waals surface area contributed by atoms with Gasteiger partial charge in [-0.25, -0.2) is 0 Å². The van der Waals surface area contributed by atoms with Crippen molar-refractivity contribution in [2.24, 2.45) is 5.92 Å². The minimum absolute atomic E-state index is 0.542. The van der Waals surface area contributed by atoms with Gasteiger partial charge in [0.05, 0.1) is 0 Å². The number of para-hydroxylation sites is 1. The van der Waals surface area contributed by atoms with E-state index in [1.54, 1.807) is 0 Å². The van der Waals surface area contributed by atoms with Crippen LogP contribution in [-0.4, -0.2) is 19.2 Å². The molecule has 0 aromatic heterocycles. The fourth-order valence-corrected chi connectivity index (χ4v) is 1.89. The topological polar surface area (TPSA) is 21.3 Å². The summed E-state index contributed by atoms with van der Waals surface area (Å²) in [5.41, 5.74) is 0. The summed E-state index contributed by atoms with van der Waals surface area (Å²) >= 11 is 0. The van der Waals surface area contributed by atoms with E-state index in [9.17, 15) is 0 Å². The minimum Gasteiger partial charge on any atom is -0.492 e. The van der Waals surface area contributed by atoms with Crippen molar-refractivity contribution in [2.75, 3.05) is 13.2 Å². The number of rotatable bonds is 7. The van der Waals surface area contributed by atoms with Crippen LogP contribution < -0.4 is 10.1 Å². The van der Waals surface area contributed by atoms with Crippen LogP contribution >= 0.6 is 0 Å². The number of ether oxygens (including phenoxy) is 1. The van der Waals surface area contributed by atoms with E-state index in [2.05, 4.69) is 12.2 Å². The van der Waals surface area contributed by atoms with Gasteiger partial charge in [0.15, 0.2) is 0 Å². The van der Waals surface area contributed by atoms with Crippen LogP contribution in [0.1, 0.15) is 26.2 Å². The summed E-state index contributed by atoms with van der Waals surface area (Å²) in [6.45, 7) is 4.10. The van der Waals surface area contributed by atoms with Crippen LogP contribution in [0.15, 0.2) is 30.3 Å². The Labute approximate surface area is 98.0 Å². The molecule has 2 nitrogen and oxygen atoms in total. The van der Waals surface area contributed by atoms with E-state index in [4.69, 9.17) is 4.74 Å². The molecule has 1 unspecified atom stereocenters. The molecular weight excluding hydrogens is 198 g/mol. The molecule has 1 aromatic carbocycles. The first-order chi connectivity index (χ1) is 7.90. The second-order valence-corrected chi connectivity index (χ2v) is 4.52. The molecule has 0 saturated heterocycles. The van der Waals surface area contributed by atoms with Crippen molar-refractivity contribution < 1.29 is 4.74 Å². The second kappa shape index (κ2) is 5.90. The molecule has 0 spiro atoms. The number of benzene rings is 1. The second-order valence-electron chi connectivity index (χ2n) is 4.52. The van der Waals surface area contributed by atoms with Crippen LogP contribution in [0.2, 0.25) is 0 Å². The molecule has 1 N–H and O–H groups in total. The van der Waals surface area contributed by atoms with E-state index in [1.165, 1.54) is 19.3 Å². The first-order valence-corrected chi connectivity index (χ1v) is 6.31. The highest BCUT2D eigenvalue weighted by molar-refractivity contribution is 5.21. The van der Waals surface area contributed by atoms with Crippen molar-refractivity contribution in [3.05, 3.63) is 30.3 Å². The molecular formula is C14H21NO. The van der Waals surface area contributed by atoms with Crippen molar-refractivity contribution in [1.29, 1.82) is 0 Å². The number of hydrogen-bond acceptors (Lipinski definition) is 2. The number of hydrogen-bond donors (Lipinski definition) is 1. The smallest absolute Gasteiger partial charge is 0.119 e. The molecule has 0 amide bonds. The molecule has 0 radical (unpaired) electrons. The zero-order valence-electron chi connectivity index (χ0n) is 9.99. The van der Waals surface area contributed by atoms with Crippen LogP contribution in [0, 0.1) is 5.92 Å².